The number of carbonyl (C=O) groups is 1. The van der Waals surface area contributed by atoms with Gasteiger partial charge in [-0.3, -0.25) is 4.79 Å². The van der Waals surface area contributed by atoms with Crippen LogP contribution in [0.5, 0.6) is 0 Å². The minimum Gasteiger partial charge on any atom is -0.300 e. The third kappa shape index (κ3) is 4.29. The normalized spacial score (nSPS) is 10.7. The van der Waals surface area contributed by atoms with E-state index in [-0.39, 0.29) is 12.5 Å². The summed E-state index contributed by atoms with van der Waals surface area (Å²) in [4.78, 5) is 16.7. The summed E-state index contributed by atoms with van der Waals surface area (Å²) >= 11 is 4.81. The molecular weight excluding hydrogens is 426 g/mol. The van der Waals surface area contributed by atoms with Gasteiger partial charge < -0.3 is 5.32 Å². The number of hydrogen-bond acceptors (Lipinski definition) is 5. The number of nitrogens with one attached hydrogen (secondary N) is 1. The number of hydrogen-bond donors (Lipinski definition) is 1. The lowest BCUT2D eigenvalue weighted by atomic mass is 10.2. The van der Waals surface area contributed by atoms with Crippen LogP contribution in [0, 0.1) is 0 Å². The van der Waals surface area contributed by atoms with Crippen LogP contribution < -0.4 is 5.32 Å². The molecule has 2 aromatic carbocycles. The lowest BCUT2D eigenvalue weighted by molar-refractivity contribution is -0.116. The first-order chi connectivity index (χ1) is 13.2. The summed E-state index contributed by atoms with van der Waals surface area (Å²) in [7, 11) is 0. The van der Waals surface area contributed by atoms with Crippen molar-refractivity contribution >= 4 is 38.3 Å². The minimum atomic E-state index is -0.198. The van der Waals surface area contributed by atoms with Crippen molar-refractivity contribution in [1.29, 1.82) is 0 Å². The molecule has 1 amide bonds. The highest BCUT2D eigenvalue weighted by Gasteiger charge is 2.10. The summed E-state index contributed by atoms with van der Waals surface area (Å²) in [6.07, 6.45) is 1.75. The van der Waals surface area contributed by atoms with Gasteiger partial charge >= 0.3 is 0 Å². The third-order valence-corrected chi connectivity index (χ3v) is 5.09. The molecule has 1 N–H and O–H groups in total. The summed E-state index contributed by atoms with van der Waals surface area (Å²) in [5.74, 6) is -0.198. The Morgan fingerprint density at radius 3 is 2.56 bits per heavy atom. The van der Waals surface area contributed by atoms with Gasteiger partial charge in [-0.25, -0.2) is 9.67 Å². The smallest absolute Gasteiger partial charge is 0.247 e. The summed E-state index contributed by atoms with van der Waals surface area (Å²) in [6.45, 7) is 0.0764. The van der Waals surface area contributed by atoms with Crippen LogP contribution in [0.25, 0.3) is 22.5 Å². The molecule has 0 fully saturated rings. The number of amides is 1. The number of aromatic nitrogens is 4. The highest BCUT2D eigenvalue weighted by molar-refractivity contribution is 9.10. The van der Waals surface area contributed by atoms with Crippen LogP contribution in [0.3, 0.4) is 0 Å². The summed E-state index contributed by atoms with van der Waals surface area (Å²) in [5.41, 5.74) is 3.52. The summed E-state index contributed by atoms with van der Waals surface area (Å²) in [6, 6.07) is 17.6. The molecule has 134 valence electrons. The molecule has 0 bridgehead atoms. The predicted octanol–water partition coefficient (Wildman–Crippen LogP) is 4.47. The largest absolute Gasteiger partial charge is 0.300 e. The van der Waals surface area contributed by atoms with Gasteiger partial charge in [0.05, 0.1) is 11.9 Å². The molecule has 0 aliphatic heterocycles. The lowest BCUT2D eigenvalue weighted by Gasteiger charge is -2.01. The van der Waals surface area contributed by atoms with Gasteiger partial charge in [-0.05, 0) is 12.1 Å². The number of nitrogens with zero attached hydrogens (tertiary/aromatic N) is 4. The van der Waals surface area contributed by atoms with E-state index in [0.29, 0.717) is 5.13 Å². The molecular formula is C19H14BrN5OS. The van der Waals surface area contributed by atoms with Gasteiger partial charge in [0.1, 0.15) is 12.2 Å². The second-order valence-corrected chi connectivity index (χ2v) is 7.53. The molecule has 6 nitrogen and oxygen atoms in total. The van der Waals surface area contributed by atoms with Crippen LogP contribution >= 0.6 is 27.3 Å². The molecule has 0 unspecified atom stereocenters. The molecule has 0 atom stereocenters. The minimum absolute atomic E-state index is 0.0764. The lowest BCUT2D eigenvalue weighted by Crippen LogP contribution is -2.19. The number of benzene rings is 2. The van der Waals surface area contributed by atoms with Gasteiger partial charge in [0, 0.05) is 21.0 Å². The summed E-state index contributed by atoms with van der Waals surface area (Å²) in [5, 5.41) is 13.4. The molecule has 8 heteroatoms. The molecule has 2 heterocycles. The highest BCUT2D eigenvalue weighted by atomic mass is 79.9. The van der Waals surface area contributed by atoms with Gasteiger partial charge in [-0.15, -0.1) is 16.4 Å². The van der Waals surface area contributed by atoms with Crippen molar-refractivity contribution in [3.05, 3.63) is 70.6 Å². The first-order valence-electron chi connectivity index (χ1n) is 8.14. The van der Waals surface area contributed by atoms with E-state index in [0.717, 1.165) is 27.0 Å². The number of anilines is 1. The van der Waals surface area contributed by atoms with Crippen molar-refractivity contribution in [3.63, 3.8) is 0 Å². The Hall–Kier alpha value is -2.84. The Labute approximate surface area is 168 Å². The fourth-order valence-electron chi connectivity index (χ4n) is 2.51. The number of thiazole rings is 1. The average Bonchev–Trinajstić information content (AvgIpc) is 3.33. The van der Waals surface area contributed by atoms with Gasteiger partial charge in [0.15, 0.2) is 5.13 Å². The zero-order valence-electron chi connectivity index (χ0n) is 14.0. The van der Waals surface area contributed by atoms with Gasteiger partial charge in [0.2, 0.25) is 5.91 Å². The van der Waals surface area contributed by atoms with Crippen LogP contribution in [0.4, 0.5) is 5.13 Å². The van der Waals surface area contributed by atoms with E-state index >= 15 is 0 Å². The van der Waals surface area contributed by atoms with Crippen LogP contribution in [-0.2, 0) is 11.3 Å². The van der Waals surface area contributed by atoms with Crippen LogP contribution in [-0.4, -0.2) is 25.9 Å². The maximum absolute atomic E-state index is 12.3. The van der Waals surface area contributed by atoms with Crippen molar-refractivity contribution in [2.75, 3.05) is 5.32 Å². The van der Waals surface area contributed by atoms with Gasteiger partial charge in [0.25, 0.3) is 0 Å². The number of rotatable bonds is 5. The molecule has 27 heavy (non-hydrogen) atoms. The Kier molecular flexibility index (Phi) is 5.08. The molecule has 4 rings (SSSR count). The van der Waals surface area contributed by atoms with Crippen LogP contribution in [0.15, 0.2) is 70.6 Å². The van der Waals surface area contributed by atoms with E-state index < -0.39 is 0 Å². The van der Waals surface area contributed by atoms with E-state index in [1.165, 1.54) is 16.0 Å². The predicted molar refractivity (Wildman–Crippen MR) is 109 cm³/mol. The van der Waals surface area contributed by atoms with Crippen molar-refractivity contribution in [2.45, 2.75) is 6.54 Å². The monoisotopic (exact) mass is 439 g/mol. The third-order valence-electron chi connectivity index (χ3n) is 3.80. The second kappa shape index (κ2) is 7.81. The van der Waals surface area contributed by atoms with Crippen LogP contribution in [0.1, 0.15) is 0 Å². The van der Waals surface area contributed by atoms with E-state index in [2.05, 4.69) is 36.5 Å². The Bertz CT molecular complexity index is 1060. The fraction of sp³-hybridized carbons (Fsp3) is 0.0526. The summed E-state index contributed by atoms with van der Waals surface area (Å²) < 4.78 is 2.53. The molecule has 0 saturated heterocycles. The maximum atomic E-state index is 12.3. The maximum Gasteiger partial charge on any atom is 0.247 e. The molecule has 0 aliphatic rings. The van der Waals surface area contributed by atoms with Gasteiger partial charge in [-0.2, -0.15) is 0 Å². The van der Waals surface area contributed by atoms with E-state index in [1.807, 2.05) is 60.0 Å². The topological polar surface area (TPSA) is 72.7 Å². The van der Waals surface area contributed by atoms with E-state index in [1.54, 1.807) is 6.20 Å². The quantitative estimate of drug-likeness (QED) is 0.497. The average molecular weight is 440 g/mol. The highest BCUT2D eigenvalue weighted by Crippen LogP contribution is 2.26. The van der Waals surface area contributed by atoms with Crippen molar-refractivity contribution in [3.8, 4) is 22.5 Å². The Balaban J connectivity index is 1.40. The zero-order valence-corrected chi connectivity index (χ0v) is 16.4. The van der Waals surface area contributed by atoms with Crippen molar-refractivity contribution in [1.82, 2.24) is 20.0 Å². The number of carbonyl (C=O) groups excluding carboxylic acids is 1. The SMILES string of the molecule is O=C(Cn1cc(-c2ccccc2)nn1)Nc1nc(-c2ccc(Br)cc2)cs1. The fourth-order valence-corrected chi connectivity index (χ4v) is 3.51. The van der Waals surface area contributed by atoms with Gasteiger partial charge in [-0.1, -0.05) is 63.6 Å². The molecule has 0 saturated carbocycles. The molecule has 2 aromatic heterocycles. The van der Waals surface area contributed by atoms with E-state index in [9.17, 15) is 4.79 Å². The molecule has 0 radical (unpaired) electrons. The van der Waals surface area contributed by atoms with E-state index in [4.69, 9.17) is 0 Å². The zero-order chi connectivity index (χ0) is 18.6. The molecule has 4 aromatic rings. The first kappa shape index (κ1) is 17.6. The Morgan fingerprint density at radius 1 is 1.04 bits per heavy atom. The standard InChI is InChI=1S/C19H14BrN5OS/c20-15-8-6-14(7-9-15)17-12-27-19(21-17)22-18(26)11-25-10-16(23-24-25)13-4-2-1-3-5-13/h1-10,12H,11H2,(H,21,22,26). The first-order valence-corrected chi connectivity index (χ1v) is 9.81. The van der Waals surface area contributed by atoms with Crippen molar-refractivity contribution < 1.29 is 4.79 Å². The Morgan fingerprint density at radius 2 is 1.78 bits per heavy atom. The molecule has 0 aliphatic carbocycles. The second-order valence-electron chi connectivity index (χ2n) is 5.76. The number of halogens is 1. The van der Waals surface area contributed by atoms with Crippen LogP contribution in [0.2, 0.25) is 0 Å². The van der Waals surface area contributed by atoms with Crippen molar-refractivity contribution in [2.24, 2.45) is 0 Å². The molecule has 0 spiro atoms.